The molecule has 132 valence electrons. The number of amides is 2. The molecule has 0 bridgehead atoms. The van der Waals surface area contributed by atoms with Gasteiger partial charge in [-0.25, -0.2) is 9.48 Å². The van der Waals surface area contributed by atoms with Gasteiger partial charge in [-0.1, -0.05) is 6.92 Å². The van der Waals surface area contributed by atoms with Gasteiger partial charge in [-0.15, -0.1) is 0 Å². The average Bonchev–Trinajstić information content (AvgIpc) is 3.01. The third-order valence-electron chi connectivity index (χ3n) is 4.40. The molecule has 3 rings (SSSR count). The molecule has 1 aromatic heterocycles. The lowest BCUT2D eigenvalue weighted by Gasteiger charge is -2.34. The van der Waals surface area contributed by atoms with E-state index in [1.165, 1.54) is 0 Å². The molecule has 0 saturated carbocycles. The maximum atomic E-state index is 12.4. The van der Waals surface area contributed by atoms with E-state index in [0.717, 1.165) is 11.4 Å². The van der Waals surface area contributed by atoms with E-state index >= 15 is 0 Å². The van der Waals surface area contributed by atoms with E-state index in [4.69, 9.17) is 0 Å². The summed E-state index contributed by atoms with van der Waals surface area (Å²) in [7, 11) is 0. The number of benzene rings is 1. The number of carboxylic acid groups (broad SMARTS) is 1. The quantitative estimate of drug-likeness (QED) is 0.898. The van der Waals surface area contributed by atoms with Crippen LogP contribution in [0.4, 0.5) is 10.5 Å². The number of aliphatic carboxylic acids is 1. The van der Waals surface area contributed by atoms with Gasteiger partial charge < -0.3 is 15.3 Å². The van der Waals surface area contributed by atoms with E-state index in [1.807, 2.05) is 50.4 Å². The highest BCUT2D eigenvalue weighted by molar-refractivity contribution is 5.89. The third kappa shape index (κ3) is 3.99. The first kappa shape index (κ1) is 17.0. The van der Waals surface area contributed by atoms with E-state index < -0.39 is 11.9 Å². The maximum Gasteiger partial charge on any atom is 0.321 e. The van der Waals surface area contributed by atoms with E-state index in [0.29, 0.717) is 18.7 Å². The molecule has 2 unspecified atom stereocenters. The number of carbonyl (C=O) groups excluding carboxylic acids is 1. The summed E-state index contributed by atoms with van der Waals surface area (Å²) in [6.45, 7) is 4.71. The zero-order valence-electron chi connectivity index (χ0n) is 14.3. The molecule has 0 aliphatic carbocycles. The lowest BCUT2D eigenvalue weighted by Crippen LogP contribution is -2.47. The molecule has 0 radical (unpaired) electrons. The average molecular weight is 342 g/mol. The fourth-order valence-electron chi connectivity index (χ4n) is 3.16. The molecular formula is C18H22N4O3. The van der Waals surface area contributed by atoms with Crippen molar-refractivity contribution in [2.75, 3.05) is 18.4 Å². The fraction of sp³-hybridized carbons (Fsp3) is 0.389. The number of anilines is 1. The Hall–Kier alpha value is -2.83. The molecule has 25 heavy (non-hydrogen) atoms. The molecule has 2 heterocycles. The van der Waals surface area contributed by atoms with Crippen LogP contribution >= 0.6 is 0 Å². The largest absolute Gasteiger partial charge is 0.481 e. The predicted octanol–water partition coefficient (Wildman–Crippen LogP) is 2.76. The number of piperidine rings is 1. The molecule has 2 N–H and O–H groups in total. The molecule has 7 nitrogen and oxygen atoms in total. The van der Waals surface area contributed by atoms with Gasteiger partial charge in [0.2, 0.25) is 0 Å². The second-order valence-electron chi connectivity index (χ2n) is 6.66. The van der Waals surface area contributed by atoms with Crippen LogP contribution in [-0.2, 0) is 4.79 Å². The monoisotopic (exact) mass is 342 g/mol. The summed E-state index contributed by atoms with van der Waals surface area (Å²) in [4.78, 5) is 25.3. The summed E-state index contributed by atoms with van der Waals surface area (Å²) < 4.78 is 1.77. The molecule has 1 aliphatic heterocycles. The van der Waals surface area contributed by atoms with Gasteiger partial charge in [0.05, 0.1) is 17.3 Å². The van der Waals surface area contributed by atoms with Gasteiger partial charge in [-0.3, -0.25) is 4.79 Å². The normalized spacial score (nSPS) is 20.3. The highest BCUT2D eigenvalue weighted by atomic mass is 16.4. The standard InChI is InChI=1S/C18H22N4O3/c1-12-9-14(17(23)24)11-21(10-12)18(25)19-15-3-5-16(6-4-15)22-8-7-13(2)20-22/h3-8,12,14H,9-11H2,1-2H3,(H,19,25)(H,23,24). The number of aryl methyl sites for hydroxylation is 1. The number of likely N-dealkylation sites (tertiary alicyclic amines) is 1. The lowest BCUT2D eigenvalue weighted by atomic mass is 9.91. The van der Waals surface area contributed by atoms with Crippen molar-refractivity contribution in [1.29, 1.82) is 0 Å². The van der Waals surface area contributed by atoms with Crippen LogP contribution < -0.4 is 5.32 Å². The van der Waals surface area contributed by atoms with Crippen molar-refractivity contribution in [3.05, 3.63) is 42.2 Å². The molecule has 2 atom stereocenters. The topological polar surface area (TPSA) is 87.5 Å². The van der Waals surface area contributed by atoms with Crippen LogP contribution in [0.25, 0.3) is 5.69 Å². The van der Waals surface area contributed by atoms with Crippen LogP contribution in [0.15, 0.2) is 36.5 Å². The zero-order valence-corrected chi connectivity index (χ0v) is 14.3. The van der Waals surface area contributed by atoms with E-state index in [1.54, 1.807) is 9.58 Å². The Kier molecular flexibility index (Phi) is 4.74. The van der Waals surface area contributed by atoms with Crippen molar-refractivity contribution in [2.45, 2.75) is 20.3 Å². The Balaban J connectivity index is 1.65. The second kappa shape index (κ2) is 6.96. The number of rotatable bonds is 3. The SMILES string of the molecule is Cc1ccn(-c2ccc(NC(=O)N3CC(C)CC(C(=O)O)C3)cc2)n1. The van der Waals surface area contributed by atoms with Crippen LogP contribution in [0.2, 0.25) is 0 Å². The van der Waals surface area contributed by atoms with E-state index in [9.17, 15) is 14.7 Å². The molecule has 0 spiro atoms. The van der Waals surface area contributed by atoms with Crippen LogP contribution in [0.3, 0.4) is 0 Å². The minimum atomic E-state index is -0.844. The number of carbonyl (C=O) groups is 2. The Morgan fingerprint density at radius 2 is 1.92 bits per heavy atom. The van der Waals surface area contributed by atoms with Crippen LogP contribution in [0, 0.1) is 18.8 Å². The summed E-state index contributed by atoms with van der Waals surface area (Å²) in [5, 5.41) is 16.4. The third-order valence-corrected chi connectivity index (χ3v) is 4.40. The first-order valence-electron chi connectivity index (χ1n) is 8.34. The van der Waals surface area contributed by atoms with Crippen molar-refractivity contribution in [3.8, 4) is 5.69 Å². The van der Waals surface area contributed by atoms with Crippen LogP contribution in [0.1, 0.15) is 19.0 Å². The summed E-state index contributed by atoms with van der Waals surface area (Å²) >= 11 is 0. The van der Waals surface area contributed by atoms with Crippen molar-refractivity contribution < 1.29 is 14.7 Å². The number of aromatic nitrogens is 2. The van der Waals surface area contributed by atoms with Crippen molar-refractivity contribution in [1.82, 2.24) is 14.7 Å². The van der Waals surface area contributed by atoms with Gasteiger partial charge in [-0.05, 0) is 49.6 Å². The smallest absolute Gasteiger partial charge is 0.321 e. The van der Waals surface area contributed by atoms with Gasteiger partial charge in [0, 0.05) is 25.0 Å². The van der Waals surface area contributed by atoms with Gasteiger partial charge in [-0.2, -0.15) is 5.10 Å². The number of hydrogen-bond donors (Lipinski definition) is 2. The Bertz CT molecular complexity index is 769. The Morgan fingerprint density at radius 1 is 1.20 bits per heavy atom. The summed E-state index contributed by atoms with van der Waals surface area (Å²) in [6, 6.07) is 9.03. The highest BCUT2D eigenvalue weighted by Gasteiger charge is 2.31. The summed E-state index contributed by atoms with van der Waals surface area (Å²) in [5.74, 6) is -1.17. The van der Waals surface area contributed by atoms with Crippen molar-refractivity contribution in [3.63, 3.8) is 0 Å². The second-order valence-corrected chi connectivity index (χ2v) is 6.66. The van der Waals surface area contributed by atoms with Crippen molar-refractivity contribution >= 4 is 17.7 Å². The Morgan fingerprint density at radius 3 is 2.52 bits per heavy atom. The summed E-state index contributed by atoms with van der Waals surface area (Å²) in [6.07, 6.45) is 2.49. The minimum Gasteiger partial charge on any atom is -0.481 e. The number of nitrogens with zero attached hydrogens (tertiary/aromatic N) is 3. The highest BCUT2D eigenvalue weighted by Crippen LogP contribution is 2.23. The first-order valence-corrected chi connectivity index (χ1v) is 8.34. The van der Waals surface area contributed by atoms with Gasteiger partial charge >= 0.3 is 12.0 Å². The van der Waals surface area contributed by atoms with Gasteiger partial charge in [0.1, 0.15) is 0 Å². The predicted molar refractivity (Wildman–Crippen MR) is 93.8 cm³/mol. The molecular weight excluding hydrogens is 320 g/mol. The number of carboxylic acids is 1. The molecule has 7 heteroatoms. The number of nitrogens with one attached hydrogen (secondary N) is 1. The number of hydrogen-bond acceptors (Lipinski definition) is 3. The molecule has 1 saturated heterocycles. The van der Waals surface area contributed by atoms with Gasteiger partial charge in [0.15, 0.2) is 0 Å². The Labute approximate surface area is 146 Å². The zero-order chi connectivity index (χ0) is 18.0. The first-order chi connectivity index (χ1) is 11.9. The van der Waals surface area contributed by atoms with E-state index in [2.05, 4.69) is 10.4 Å². The minimum absolute atomic E-state index is 0.172. The maximum absolute atomic E-state index is 12.4. The van der Waals surface area contributed by atoms with Crippen LogP contribution in [-0.4, -0.2) is 44.9 Å². The molecule has 1 aromatic carbocycles. The number of urea groups is 1. The van der Waals surface area contributed by atoms with Crippen molar-refractivity contribution in [2.24, 2.45) is 11.8 Å². The lowest BCUT2D eigenvalue weighted by molar-refractivity contribution is -0.143. The summed E-state index contributed by atoms with van der Waals surface area (Å²) in [5.41, 5.74) is 2.51. The van der Waals surface area contributed by atoms with Gasteiger partial charge in [0.25, 0.3) is 0 Å². The molecule has 1 aliphatic rings. The molecule has 2 amide bonds. The molecule has 1 fully saturated rings. The van der Waals surface area contributed by atoms with Crippen LogP contribution in [0.5, 0.6) is 0 Å². The van der Waals surface area contributed by atoms with E-state index in [-0.39, 0.29) is 18.5 Å². The molecule has 2 aromatic rings. The fourth-order valence-corrected chi connectivity index (χ4v) is 3.16.